The molecule has 3 aliphatic rings. The number of anilines is 3. The van der Waals surface area contributed by atoms with Crippen LogP contribution in [0.2, 0.25) is 0 Å². The van der Waals surface area contributed by atoms with Gasteiger partial charge < -0.3 is 41.1 Å². The Kier molecular flexibility index (Phi) is 12.0. The molecule has 67 heavy (non-hydrogen) atoms. The Hall–Kier alpha value is -7.93. The van der Waals surface area contributed by atoms with E-state index in [4.69, 9.17) is 10.1 Å². The van der Waals surface area contributed by atoms with Crippen LogP contribution in [0, 0.1) is 5.41 Å². The zero-order chi connectivity index (χ0) is 47.0. The third kappa shape index (κ3) is 8.67. The number of amides is 3. The smallest absolute Gasteiger partial charge is 0.340 e. The fourth-order valence-corrected chi connectivity index (χ4v) is 9.91. The topological polar surface area (TPSA) is 193 Å². The first-order valence-corrected chi connectivity index (χ1v) is 22.6. The van der Waals surface area contributed by atoms with Gasteiger partial charge in [0.05, 0.1) is 17.4 Å². The molecule has 0 bridgehead atoms. The maximum Gasteiger partial charge on any atom is 0.340 e. The summed E-state index contributed by atoms with van der Waals surface area (Å²) in [5, 5.41) is 41.0. The fraction of sp³-hybridized carbons (Fsp3) is 0.241. The summed E-state index contributed by atoms with van der Waals surface area (Å²) in [5.74, 6) is -0.558. The molecule has 0 saturated heterocycles. The minimum atomic E-state index is -1.29. The molecule has 2 heterocycles. The van der Waals surface area contributed by atoms with Gasteiger partial charge in [0.15, 0.2) is 5.60 Å². The number of carbonyl (C=O) groups is 4. The molecule has 0 unspecified atom stereocenters. The van der Waals surface area contributed by atoms with Crippen LogP contribution in [-0.2, 0) is 21.6 Å². The number of amidine groups is 1. The number of carbonyl (C=O) groups excluding carboxylic acids is 4. The maximum absolute atomic E-state index is 13.5. The van der Waals surface area contributed by atoms with Crippen LogP contribution in [0.25, 0.3) is 11.1 Å². The highest BCUT2D eigenvalue weighted by atomic mass is 16.6. The molecule has 6 aromatic carbocycles. The average molecular weight is 897 g/mol. The van der Waals surface area contributed by atoms with Crippen LogP contribution in [0.1, 0.15) is 117 Å². The number of phenolic OH excluding ortho intramolecular Hbond substituents is 2. The fourth-order valence-electron chi connectivity index (χ4n) is 9.91. The van der Waals surface area contributed by atoms with Gasteiger partial charge >= 0.3 is 5.97 Å². The predicted octanol–water partition coefficient (Wildman–Crippen LogP) is 9.17. The summed E-state index contributed by atoms with van der Waals surface area (Å²) >= 11 is 0. The Morgan fingerprint density at radius 2 is 1.34 bits per heavy atom. The number of hydrogen-bond donors (Lipinski definition) is 7. The quantitative estimate of drug-likeness (QED) is 0.0272. The van der Waals surface area contributed by atoms with E-state index in [1.807, 2.05) is 53.4 Å². The Bertz CT molecular complexity index is 2910. The molecule has 2 atom stereocenters. The van der Waals surface area contributed by atoms with Gasteiger partial charge in [-0.05, 0) is 159 Å². The van der Waals surface area contributed by atoms with Crippen LogP contribution >= 0.6 is 0 Å². The van der Waals surface area contributed by atoms with Crippen LogP contribution < -0.4 is 26.2 Å². The zero-order valence-corrected chi connectivity index (χ0v) is 37.5. The summed E-state index contributed by atoms with van der Waals surface area (Å²) in [4.78, 5) is 54.5. The number of benzene rings is 6. The summed E-state index contributed by atoms with van der Waals surface area (Å²) in [6, 6.07) is 36.2. The van der Waals surface area contributed by atoms with E-state index in [1.165, 1.54) is 0 Å². The Labute approximate surface area is 388 Å². The molecular formula is C54H52N6O7. The second kappa shape index (κ2) is 18.2. The molecule has 1 spiro atoms. The molecule has 7 N–H and O–H groups in total. The van der Waals surface area contributed by atoms with Crippen molar-refractivity contribution in [3.05, 3.63) is 171 Å². The summed E-state index contributed by atoms with van der Waals surface area (Å²) < 4.78 is 6.21. The molecule has 340 valence electrons. The van der Waals surface area contributed by atoms with E-state index >= 15 is 0 Å². The molecule has 0 radical (unpaired) electrons. The van der Waals surface area contributed by atoms with Gasteiger partial charge in [-0.15, -0.1) is 0 Å². The highest BCUT2D eigenvalue weighted by Gasteiger charge is 2.52. The van der Waals surface area contributed by atoms with E-state index in [9.17, 15) is 29.4 Å². The predicted molar refractivity (Wildman–Crippen MR) is 258 cm³/mol. The van der Waals surface area contributed by atoms with Crippen molar-refractivity contribution in [3.8, 4) is 22.6 Å². The van der Waals surface area contributed by atoms with Crippen molar-refractivity contribution in [1.29, 1.82) is 5.41 Å². The number of ether oxygens (including phenoxy) is 1. The Morgan fingerprint density at radius 1 is 0.716 bits per heavy atom. The average Bonchev–Trinajstić information content (AvgIpc) is 3.59. The van der Waals surface area contributed by atoms with Crippen LogP contribution in [-0.4, -0.2) is 58.9 Å². The third-order valence-electron chi connectivity index (χ3n) is 12.9. The van der Waals surface area contributed by atoms with Crippen molar-refractivity contribution in [2.24, 2.45) is 0 Å². The number of unbranched alkanes of at least 4 members (excludes halogenated alkanes) is 2. The van der Waals surface area contributed by atoms with Gasteiger partial charge in [-0.3, -0.25) is 19.8 Å². The van der Waals surface area contributed by atoms with Crippen molar-refractivity contribution < 1.29 is 34.1 Å². The lowest BCUT2D eigenvalue weighted by Gasteiger charge is -2.39. The monoisotopic (exact) mass is 896 g/mol. The van der Waals surface area contributed by atoms with Crippen LogP contribution in [0.3, 0.4) is 0 Å². The molecule has 13 nitrogen and oxygen atoms in total. The van der Waals surface area contributed by atoms with Gasteiger partial charge in [-0.25, -0.2) is 4.79 Å². The van der Waals surface area contributed by atoms with Gasteiger partial charge in [0.25, 0.3) is 11.8 Å². The standard InChI is InChI=1S/C54H52N6O7/c1-31-24-49(45-29-36(13-21-50(45)60(31)33(3)61)35-8-7-9-41(26-35)58-32(2)55)59-40-14-10-34(11-15-40)51(64)56-22-5-4-6-23-57-52(65)37-12-18-48-44(30-37)53(66)67-54(48)46-19-16-42(62)27-38(46)25-39-28-43(63)17-20-47(39)54/h7-21,26-31,49,59,62-63H,4-6,22-25H2,1-3H3,(H2,55,58)(H,56,64)(H,57,65)/t31-,49+/m0/s1. The second-order valence-electron chi connectivity index (χ2n) is 17.6. The lowest BCUT2D eigenvalue weighted by atomic mass is 9.71. The van der Waals surface area contributed by atoms with Gasteiger partial charge in [-0.2, -0.15) is 0 Å². The maximum atomic E-state index is 13.5. The molecule has 2 aliphatic heterocycles. The molecule has 0 fully saturated rings. The molecule has 6 aromatic rings. The first-order chi connectivity index (χ1) is 32.3. The van der Waals surface area contributed by atoms with Gasteiger partial charge in [0.2, 0.25) is 5.91 Å². The third-order valence-corrected chi connectivity index (χ3v) is 12.9. The number of nitrogens with zero attached hydrogens (tertiary/aromatic N) is 1. The van der Waals surface area contributed by atoms with Crippen molar-refractivity contribution in [1.82, 2.24) is 10.6 Å². The van der Waals surface area contributed by atoms with Crippen molar-refractivity contribution in [2.75, 3.05) is 28.6 Å². The Morgan fingerprint density at radius 3 is 2.00 bits per heavy atom. The molecule has 13 heteroatoms. The minimum Gasteiger partial charge on any atom is -0.508 e. The highest BCUT2D eigenvalue weighted by molar-refractivity contribution is 6.02. The number of rotatable bonds is 12. The zero-order valence-electron chi connectivity index (χ0n) is 37.5. The second-order valence-corrected chi connectivity index (χ2v) is 17.6. The van der Waals surface area contributed by atoms with Crippen LogP contribution in [0.5, 0.6) is 11.5 Å². The van der Waals surface area contributed by atoms with E-state index in [2.05, 4.69) is 34.3 Å². The molecule has 9 rings (SSSR count). The summed E-state index contributed by atoms with van der Waals surface area (Å²) in [6.07, 6.45) is 3.30. The number of hydrogen-bond acceptors (Lipinski definition) is 9. The van der Waals surface area contributed by atoms with Gasteiger partial charge in [-0.1, -0.05) is 36.4 Å². The van der Waals surface area contributed by atoms with Crippen molar-refractivity contribution in [3.63, 3.8) is 0 Å². The summed E-state index contributed by atoms with van der Waals surface area (Å²) in [6.45, 7) is 6.22. The molecule has 1 aliphatic carbocycles. The molecule has 3 amide bonds. The number of nitrogens with one attached hydrogen (secondary N) is 5. The first-order valence-electron chi connectivity index (χ1n) is 22.6. The van der Waals surface area contributed by atoms with Crippen molar-refractivity contribution in [2.45, 2.75) is 70.6 Å². The molecular weight excluding hydrogens is 845 g/mol. The normalized spacial score (nSPS) is 16.2. The van der Waals surface area contributed by atoms with E-state index in [-0.39, 0.29) is 46.9 Å². The van der Waals surface area contributed by atoms with Gasteiger partial charge in [0.1, 0.15) is 11.5 Å². The summed E-state index contributed by atoms with van der Waals surface area (Å²) in [5.41, 5.74) is 8.96. The van der Waals surface area contributed by atoms with E-state index in [1.54, 1.807) is 80.6 Å². The van der Waals surface area contributed by atoms with Crippen LogP contribution in [0.4, 0.5) is 17.1 Å². The number of esters is 1. The van der Waals surface area contributed by atoms with E-state index in [0.717, 1.165) is 62.4 Å². The Balaban J connectivity index is 0.771. The number of fused-ring (bicyclic) bond motifs is 7. The number of aromatic hydroxyl groups is 2. The molecule has 0 saturated carbocycles. The minimum absolute atomic E-state index is 0.0161. The SMILES string of the molecule is CC(=N)Nc1cccc(-c2ccc3c(c2)[C@H](Nc2ccc(C(=O)NCCCCCNC(=O)c4ccc5c(c4)C(=O)OC54c5ccc(O)cc5Cc5cc(O)ccc54)cc2)C[C@H](C)N3C(C)=O)c1. The largest absolute Gasteiger partial charge is 0.508 e. The molecule has 0 aromatic heterocycles. The van der Waals surface area contributed by atoms with Crippen LogP contribution in [0.15, 0.2) is 121 Å². The van der Waals surface area contributed by atoms with E-state index in [0.29, 0.717) is 61.3 Å². The first kappa shape index (κ1) is 44.3. The summed E-state index contributed by atoms with van der Waals surface area (Å²) in [7, 11) is 0. The lowest BCUT2D eigenvalue weighted by Crippen LogP contribution is -2.43. The highest BCUT2D eigenvalue weighted by Crippen LogP contribution is 2.53. The lowest BCUT2D eigenvalue weighted by molar-refractivity contribution is -0.117. The van der Waals surface area contributed by atoms with Gasteiger partial charge in [0, 0.05) is 70.9 Å². The van der Waals surface area contributed by atoms with E-state index < -0.39 is 11.6 Å². The van der Waals surface area contributed by atoms with Crippen molar-refractivity contribution >= 4 is 46.6 Å². The number of phenols is 2.